The number of fused-ring (bicyclic) bond motifs is 1. The number of imidazole rings is 1. The zero-order chi connectivity index (χ0) is 17.4. The Morgan fingerprint density at radius 3 is 2.64 bits per heavy atom. The number of ether oxygens (including phenoxy) is 1. The summed E-state index contributed by atoms with van der Waals surface area (Å²) >= 11 is 0. The van der Waals surface area contributed by atoms with Crippen molar-refractivity contribution in [3.8, 4) is 17.6 Å². The van der Waals surface area contributed by atoms with Crippen LogP contribution in [0.5, 0.6) is 5.75 Å². The van der Waals surface area contributed by atoms with Crippen LogP contribution in [0, 0.1) is 18.3 Å². The molecule has 3 heterocycles. The Morgan fingerprint density at radius 1 is 1.20 bits per heavy atom. The second-order valence-electron chi connectivity index (χ2n) is 6.27. The van der Waals surface area contributed by atoms with E-state index in [-0.39, 0.29) is 0 Å². The van der Waals surface area contributed by atoms with Crippen LogP contribution < -0.4 is 9.64 Å². The van der Waals surface area contributed by atoms with E-state index in [9.17, 15) is 5.26 Å². The average molecular weight is 333 g/mol. The number of aromatic nitrogens is 3. The summed E-state index contributed by atoms with van der Waals surface area (Å²) in [7, 11) is 1.66. The summed E-state index contributed by atoms with van der Waals surface area (Å²) in [4.78, 5) is 11.2. The number of hydrogen-bond donors (Lipinski definition) is 0. The van der Waals surface area contributed by atoms with Crippen LogP contribution in [0.1, 0.15) is 24.2 Å². The smallest absolute Gasteiger partial charge is 0.166 e. The molecule has 0 bridgehead atoms. The van der Waals surface area contributed by atoms with E-state index in [1.165, 1.54) is 0 Å². The van der Waals surface area contributed by atoms with E-state index in [0.717, 1.165) is 59.7 Å². The number of nitrogens with zero attached hydrogens (tertiary/aromatic N) is 5. The fourth-order valence-electron chi connectivity index (χ4n) is 3.46. The molecule has 1 aliphatic rings. The lowest BCUT2D eigenvalue weighted by Crippen LogP contribution is -2.20. The van der Waals surface area contributed by atoms with Gasteiger partial charge in [-0.05, 0) is 38.0 Å². The van der Waals surface area contributed by atoms with Gasteiger partial charge in [0.2, 0.25) is 0 Å². The Hall–Kier alpha value is -3.07. The lowest BCUT2D eigenvalue weighted by molar-refractivity contribution is 0.415. The van der Waals surface area contributed by atoms with Crippen LogP contribution in [-0.2, 0) is 0 Å². The van der Waals surface area contributed by atoms with Gasteiger partial charge in [-0.3, -0.25) is 4.57 Å². The highest BCUT2D eigenvalue weighted by molar-refractivity contribution is 6.01. The molecule has 0 atom stereocenters. The summed E-state index contributed by atoms with van der Waals surface area (Å²) in [5.41, 5.74) is 2.27. The van der Waals surface area contributed by atoms with Crippen LogP contribution in [0.25, 0.3) is 16.6 Å². The van der Waals surface area contributed by atoms with Gasteiger partial charge in [-0.2, -0.15) is 5.26 Å². The molecule has 0 N–H and O–H groups in total. The van der Waals surface area contributed by atoms with Crippen molar-refractivity contribution < 1.29 is 4.74 Å². The topological polar surface area (TPSA) is 67.0 Å². The Balaban J connectivity index is 2.05. The van der Waals surface area contributed by atoms with E-state index in [1.807, 2.05) is 35.9 Å². The summed E-state index contributed by atoms with van der Waals surface area (Å²) in [5.74, 6) is 1.49. The Morgan fingerprint density at radius 2 is 2.00 bits per heavy atom. The second kappa shape index (κ2) is 6.10. The monoisotopic (exact) mass is 333 g/mol. The van der Waals surface area contributed by atoms with Gasteiger partial charge in [-0.1, -0.05) is 0 Å². The number of rotatable bonds is 3. The molecule has 3 aromatic rings. The highest BCUT2D eigenvalue weighted by Crippen LogP contribution is 2.36. The maximum absolute atomic E-state index is 9.75. The number of methoxy groups -OCH3 is 1. The van der Waals surface area contributed by atoms with Crippen molar-refractivity contribution in [3.63, 3.8) is 0 Å². The first-order chi connectivity index (χ1) is 12.2. The highest BCUT2D eigenvalue weighted by atomic mass is 16.5. The van der Waals surface area contributed by atoms with Crippen LogP contribution in [0.4, 0.5) is 5.69 Å². The zero-order valence-electron chi connectivity index (χ0n) is 14.4. The molecule has 1 fully saturated rings. The van der Waals surface area contributed by atoms with Crippen molar-refractivity contribution in [2.24, 2.45) is 0 Å². The third-order valence-electron chi connectivity index (χ3n) is 4.65. The van der Waals surface area contributed by atoms with Gasteiger partial charge in [0.05, 0.1) is 18.5 Å². The lowest BCUT2D eigenvalue weighted by Gasteiger charge is -2.22. The molecule has 6 nitrogen and oxygen atoms in total. The van der Waals surface area contributed by atoms with E-state index in [4.69, 9.17) is 4.74 Å². The van der Waals surface area contributed by atoms with E-state index in [1.54, 1.807) is 13.4 Å². The molecule has 6 heteroatoms. The first-order valence-electron chi connectivity index (χ1n) is 8.39. The van der Waals surface area contributed by atoms with Gasteiger partial charge in [0.1, 0.15) is 24.0 Å². The molecule has 0 amide bonds. The van der Waals surface area contributed by atoms with Crippen molar-refractivity contribution >= 4 is 16.5 Å². The molecule has 25 heavy (non-hydrogen) atoms. The largest absolute Gasteiger partial charge is 0.497 e. The van der Waals surface area contributed by atoms with Gasteiger partial charge in [-0.25, -0.2) is 9.97 Å². The van der Waals surface area contributed by atoms with Gasteiger partial charge in [-0.15, -0.1) is 0 Å². The van der Waals surface area contributed by atoms with Crippen molar-refractivity contribution in [3.05, 3.63) is 42.1 Å². The molecular formula is C19H19N5O. The molecule has 1 aromatic carbocycles. The molecule has 4 rings (SSSR count). The summed E-state index contributed by atoms with van der Waals surface area (Å²) < 4.78 is 7.30. The van der Waals surface area contributed by atoms with Crippen LogP contribution in [0.3, 0.4) is 0 Å². The summed E-state index contributed by atoms with van der Waals surface area (Å²) in [5, 5.41) is 11.7. The molecular weight excluding hydrogens is 314 g/mol. The minimum atomic E-state index is 0.448. The molecule has 0 saturated carbocycles. The van der Waals surface area contributed by atoms with Gasteiger partial charge in [0, 0.05) is 30.1 Å². The Labute approximate surface area is 146 Å². The number of anilines is 1. The number of hydrogen-bond acceptors (Lipinski definition) is 5. The van der Waals surface area contributed by atoms with E-state index in [0.29, 0.717) is 5.69 Å². The van der Waals surface area contributed by atoms with Crippen molar-refractivity contribution in [1.82, 2.24) is 14.5 Å². The fraction of sp³-hybridized carbons (Fsp3) is 0.316. The van der Waals surface area contributed by atoms with E-state index < -0.39 is 0 Å². The summed E-state index contributed by atoms with van der Waals surface area (Å²) in [6.07, 6.45) is 5.93. The lowest BCUT2D eigenvalue weighted by atomic mass is 10.1. The third-order valence-corrected chi connectivity index (χ3v) is 4.65. The zero-order valence-corrected chi connectivity index (χ0v) is 14.4. The van der Waals surface area contributed by atoms with Crippen LogP contribution in [0.15, 0.2) is 30.7 Å². The van der Waals surface area contributed by atoms with Crippen molar-refractivity contribution in [1.29, 1.82) is 5.26 Å². The number of benzene rings is 1. The molecule has 0 spiro atoms. The standard InChI is InChI=1S/C19H19N5O/c1-13-11-24(12-21-13)19-15-6-5-14(25-2)9-16(15)18(17(10-20)22-19)23-7-3-4-8-23/h5-6,9,11-12H,3-4,7-8H2,1-2H3. The predicted molar refractivity (Wildman–Crippen MR) is 96.3 cm³/mol. The molecule has 126 valence electrons. The predicted octanol–water partition coefficient (Wildman–Crippen LogP) is 3.21. The third kappa shape index (κ3) is 2.58. The van der Waals surface area contributed by atoms with Gasteiger partial charge < -0.3 is 9.64 Å². The van der Waals surface area contributed by atoms with Crippen LogP contribution in [-0.4, -0.2) is 34.7 Å². The molecule has 0 unspecified atom stereocenters. The minimum absolute atomic E-state index is 0.448. The first kappa shape index (κ1) is 15.5. The fourth-order valence-corrected chi connectivity index (χ4v) is 3.46. The molecule has 0 radical (unpaired) electrons. The van der Waals surface area contributed by atoms with E-state index in [2.05, 4.69) is 20.9 Å². The summed E-state index contributed by atoms with van der Waals surface area (Å²) in [6.45, 7) is 3.84. The maximum Gasteiger partial charge on any atom is 0.166 e. The average Bonchev–Trinajstić information content (AvgIpc) is 3.31. The first-order valence-corrected chi connectivity index (χ1v) is 8.39. The Bertz CT molecular complexity index is 979. The van der Waals surface area contributed by atoms with E-state index >= 15 is 0 Å². The van der Waals surface area contributed by atoms with Crippen molar-refractivity contribution in [2.45, 2.75) is 19.8 Å². The summed E-state index contributed by atoms with van der Waals surface area (Å²) in [6, 6.07) is 8.22. The van der Waals surface area contributed by atoms with Gasteiger partial charge in [0.25, 0.3) is 0 Å². The molecule has 1 saturated heterocycles. The molecule has 1 aliphatic heterocycles. The highest BCUT2D eigenvalue weighted by Gasteiger charge is 2.22. The SMILES string of the molecule is COc1ccc2c(-n3cnc(C)c3)nc(C#N)c(N3CCCC3)c2c1. The number of nitriles is 1. The molecule has 2 aromatic heterocycles. The quantitative estimate of drug-likeness (QED) is 0.736. The maximum atomic E-state index is 9.75. The van der Waals surface area contributed by atoms with Crippen LogP contribution >= 0.6 is 0 Å². The Kier molecular flexibility index (Phi) is 3.77. The molecule has 0 aliphatic carbocycles. The number of aryl methyl sites for hydroxylation is 1. The second-order valence-corrected chi connectivity index (χ2v) is 6.27. The number of pyridine rings is 1. The normalized spacial score (nSPS) is 14.0. The van der Waals surface area contributed by atoms with Gasteiger partial charge in [0.15, 0.2) is 5.69 Å². The van der Waals surface area contributed by atoms with Crippen LogP contribution in [0.2, 0.25) is 0 Å². The minimum Gasteiger partial charge on any atom is -0.497 e. The van der Waals surface area contributed by atoms with Gasteiger partial charge >= 0.3 is 0 Å². The van der Waals surface area contributed by atoms with Crippen molar-refractivity contribution in [2.75, 3.05) is 25.1 Å².